The Morgan fingerprint density at radius 3 is 2.62 bits per heavy atom. The number of nitrogens with zero attached hydrogens (tertiary/aromatic N) is 2. The average molecular weight is 450 g/mol. The van der Waals surface area contributed by atoms with Gasteiger partial charge in [-0.05, 0) is 42.5 Å². The van der Waals surface area contributed by atoms with Crippen LogP contribution in [0.25, 0.3) is 16.6 Å². The average Bonchev–Trinajstić information content (AvgIpc) is 2.82. The number of rotatable bonds is 7. The standard InChI is InChI=1S/C24H19FN2O4S/c1-30-17-7-5-6-16(13-17)27-23(29)18-8-3-4-9-20(18)26-24(27)32-14-21(28)19-12-15(25)10-11-22(19)31-2/h3-13H,14H2,1-2H3. The maximum atomic E-state index is 13.7. The van der Waals surface area contributed by atoms with Crippen LogP contribution in [-0.2, 0) is 0 Å². The third-order valence-corrected chi connectivity index (χ3v) is 5.79. The molecule has 4 aromatic rings. The summed E-state index contributed by atoms with van der Waals surface area (Å²) in [7, 11) is 2.96. The number of carbonyl (C=O) groups excluding carboxylic acids is 1. The molecule has 4 rings (SSSR count). The smallest absolute Gasteiger partial charge is 0.266 e. The molecular weight excluding hydrogens is 431 g/mol. The number of hydrogen-bond acceptors (Lipinski definition) is 6. The summed E-state index contributed by atoms with van der Waals surface area (Å²) in [6, 6.07) is 17.8. The van der Waals surface area contributed by atoms with Gasteiger partial charge >= 0.3 is 0 Å². The van der Waals surface area contributed by atoms with Crippen molar-refractivity contribution < 1.29 is 18.7 Å². The van der Waals surface area contributed by atoms with Crippen LogP contribution < -0.4 is 15.0 Å². The van der Waals surface area contributed by atoms with Crippen LogP contribution in [0.5, 0.6) is 11.5 Å². The molecule has 0 saturated heterocycles. The first-order chi connectivity index (χ1) is 15.5. The van der Waals surface area contributed by atoms with E-state index < -0.39 is 5.82 Å². The van der Waals surface area contributed by atoms with E-state index in [4.69, 9.17) is 9.47 Å². The summed E-state index contributed by atoms with van der Waals surface area (Å²) in [6.45, 7) is 0. The first kappa shape index (κ1) is 21.6. The van der Waals surface area contributed by atoms with E-state index in [9.17, 15) is 14.0 Å². The molecule has 0 amide bonds. The van der Waals surface area contributed by atoms with Crippen molar-refractivity contribution in [2.45, 2.75) is 5.16 Å². The monoisotopic (exact) mass is 450 g/mol. The third kappa shape index (κ3) is 4.22. The molecule has 0 radical (unpaired) electrons. The van der Waals surface area contributed by atoms with E-state index in [1.165, 1.54) is 23.8 Å². The van der Waals surface area contributed by atoms with Crippen molar-refractivity contribution in [1.82, 2.24) is 9.55 Å². The number of para-hydroxylation sites is 1. The lowest BCUT2D eigenvalue weighted by Crippen LogP contribution is -2.22. The molecule has 0 N–H and O–H groups in total. The van der Waals surface area contributed by atoms with Crippen LogP contribution >= 0.6 is 11.8 Å². The zero-order chi connectivity index (χ0) is 22.7. The number of thioether (sulfide) groups is 1. The predicted octanol–water partition coefficient (Wildman–Crippen LogP) is 4.52. The van der Waals surface area contributed by atoms with E-state index >= 15 is 0 Å². The molecule has 1 heterocycles. The number of ether oxygens (including phenoxy) is 2. The van der Waals surface area contributed by atoms with E-state index in [0.717, 1.165) is 17.8 Å². The second kappa shape index (κ2) is 9.23. The van der Waals surface area contributed by atoms with Crippen molar-refractivity contribution >= 4 is 28.4 Å². The number of Topliss-reactive ketones (excluding diaryl/α,β-unsaturated/α-hetero) is 1. The van der Waals surface area contributed by atoms with Crippen LogP contribution in [0.3, 0.4) is 0 Å². The van der Waals surface area contributed by atoms with Crippen molar-refractivity contribution in [1.29, 1.82) is 0 Å². The summed E-state index contributed by atoms with van der Waals surface area (Å²) in [5.41, 5.74) is 0.957. The van der Waals surface area contributed by atoms with Gasteiger partial charge in [-0.3, -0.25) is 14.2 Å². The summed E-state index contributed by atoms with van der Waals surface area (Å²) in [5, 5.41) is 0.795. The normalized spacial score (nSPS) is 10.8. The van der Waals surface area contributed by atoms with E-state index in [1.54, 1.807) is 55.6 Å². The number of methoxy groups -OCH3 is 2. The first-order valence-corrected chi connectivity index (χ1v) is 10.7. The molecule has 0 aliphatic rings. The van der Waals surface area contributed by atoms with Gasteiger partial charge in [0.2, 0.25) is 0 Å². The molecule has 6 nitrogen and oxygen atoms in total. The second-order valence-electron chi connectivity index (χ2n) is 6.81. The molecule has 0 bridgehead atoms. The summed E-state index contributed by atoms with van der Waals surface area (Å²) >= 11 is 1.10. The van der Waals surface area contributed by atoms with Crippen LogP contribution in [0.2, 0.25) is 0 Å². The number of halogens is 1. The second-order valence-corrected chi connectivity index (χ2v) is 7.75. The van der Waals surface area contributed by atoms with Crippen LogP contribution in [0.1, 0.15) is 10.4 Å². The zero-order valence-corrected chi connectivity index (χ0v) is 18.2. The molecule has 32 heavy (non-hydrogen) atoms. The number of fused-ring (bicyclic) bond motifs is 1. The van der Waals surface area contributed by atoms with E-state index in [-0.39, 0.29) is 28.4 Å². The van der Waals surface area contributed by atoms with Crippen molar-refractivity contribution in [3.8, 4) is 17.2 Å². The largest absolute Gasteiger partial charge is 0.497 e. The van der Waals surface area contributed by atoms with Gasteiger partial charge < -0.3 is 9.47 Å². The van der Waals surface area contributed by atoms with Gasteiger partial charge in [-0.15, -0.1) is 0 Å². The Morgan fingerprint density at radius 1 is 1.03 bits per heavy atom. The minimum Gasteiger partial charge on any atom is -0.497 e. The zero-order valence-electron chi connectivity index (χ0n) is 17.4. The Morgan fingerprint density at radius 2 is 1.84 bits per heavy atom. The summed E-state index contributed by atoms with van der Waals surface area (Å²) in [6.07, 6.45) is 0. The minimum atomic E-state index is -0.531. The fourth-order valence-corrected chi connectivity index (χ4v) is 4.19. The Hall–Kier alpha value is -3.65. The Balaban J connectivity index is 1.77. The van der Waals surface area contributed by atoms with Crippen LogP contribution in [-0.4, -0.2) is 35.3 Å². The van der Waals surface area contributed by atoms with Crippen LogP contribution in [0.15, 0.2) is 76.7 Å². The molecule has 8 heteroatoms. The first-order valence-electron chi connectivity index (χ1n) is 9.67. The van der Waals surface area contributed by atoms with Gasteiger partial charge in [0.15, 0.2) is 10.9 Å². The summed E-state index contributed by atoms with van der Waals surface area (Å²) in [5.74, 6) is -0.0656. The van der Waals surface area contributed by atoms with Crippen molar-refractivity contribution in [2.24, 2.45) is 0 Å². The van der Waals surface area contributed by atoms with Crippen molar-refractivity contribution in [3.63, 3.8) is 0 Å². The fraction of sp³-hybridized carbons (Fsp3) is 0.125. The highest BCUT2D eigenvalue weighted by atomic mass is 32.2. The highest BCUT2D eigenvalue weighted by molar-refractivity contribution is 7.99. The maximum Gasteiger partial charge on any atom is 0.266 e. The number of hydrogen-bond donors (Lipinski definition) is 0. The third-order valence-electron chi connectivity index (χ3n) is 4.85. The molecule has 0 fully saturated rings. The van der Waals surface area contributed by atoms with Gasteiger partial charge in [-0.1, -0.05) is 30.0 Å². The molecule has 0 spiro atoms. The Labute approximate surface area is 187 Å². The van der Waals surface area contributed by atoms with Gasteiger partial charge in [-0.2, -0.15) is 0 Å². The van der Waals surface area contributed by atoms with E-state index in [0.29, 0.717) is 27.5 Å². The summed E-state index contributed by atoms with van der Waals surface area (Å²) < 4.78 is 25.6. The van der Waals surface area contributed by atoms with Crippen LogP contribution in [0, 0.1) is 5.82 Å². The number of ketones is 1. The highest BCUT2D eigenvalue weighted by Crippen LogP contribution is 2.26. The molecule has 0 unspecified atom stereocenters. The molecule has 3 aromatic carbocycles. The Bertz CT molecular complexity index is 1370. The Kier molecular flexibility index (Phi) is 6.23. The minimum absolute atomic E-state index is 0.0610. The summed E-state index contributed by atoms with van der Waals surface area (Å²) in [4.78, 5) is 30.8. The van der Waals surface area contributed by atoms with Gasteiger partial charge in [-0.25, -0.2) is 9.37 Å². The lowest BCUT2D eigenvalue weighted by Gasteiger charge is -2.14. The lowest BCUT2D eigenvalue weighted by molar-refractivity contribution is 0.101. The van der Waals surface area contributed by atoms with Crippen molar-refractivity contribution in [2.75, 3.05) is 20.0 Å². The number of benzene rings is 3. The topological polar surface area (TPSA) is 70.4 Å². The molecule has 0 aliphatic heterocycles. The van der Waals surface area contributed by atoms with E-state index in [1.807, 2.05) is 0 Å². The van der Waals surface area contributed by atoms with E-state index in [2.05, 4.69) is 4.98 Å². The fourth-order valence-electron chi connectivity index (χ4n) is 3.29. The van der Waals surface area contributed by atoms with Gasteiger partial charge in [0, 0.05) is 6.07 Å². The quantitative estimate of drug-likeness (QED) is 0.234. The molecule has 0 aliphatic carbocycles. The van der Waals surface area contributed by atoms with Crippen molar-refractivity contribution in [3.05, 3.63) is 88.5 Å². The molecular formula is C24H19FN2O4S. The molecule has 162 valence electrons. The van der Waals surface area contributed by atoms with Gasteiger partial charge in [0.1, 0.15) is 17.3 Å². The molecule has 0 saturated carbocycles. The predicted molar refractivity (Wildman–Crippen MR) is 122 cm³/mol. The number of aromatic nitrogens is 2. The number of carbonyl (C=O) groups is 1. The lowest BCUT2D eigenvalue weighted by atomic mass is 10.1. The SMILES string of the molecule is COc1cccc(-n2c(SCC(=O)c3cc(F)ccc3OC)nc3ccccc3c2=O)c1. The van der Waals surface area contributed by atoms with Crippen LogP contribution in [0.4, 0.5) is 4.39 Å². The maximum absolute atomic E-state index is 13.7. The van der Waals surface area contributed by atoms with Gasteiger partial charge in [0.25, 0.3) is 5.56 Å². The molecule has 1 aromatic heterocycles. The van der Waals surface area contributed by atoms with Gasteiger partial charge in [0.05, 0.1) is 42.1 Å². The highest BCUT2D eigenvalue weighted by Gasteiger charge is 2.18. The molecule has 0 atom stereocenters.